The Morgan fingerprint density at radius 3 is 2.83 bits per heavy atom. The van der Waals surface area contributed by atoms with Crippen LogP contribution in [0.2, 0.25) is 0 Å². The lowest BCUT2D eigenvalue weighted by Crippen LogP contribution is -2.50. The smallest absolute Gasteiger partial charge is 0.326 e. The number of carbonyl (C=O) groups excluding carboxylic acids is 1. The van der Waals surface area contributed by atoms with Gasteiger partial charge in [-0.15, -0.1) is 0 Å². The van der Waals surface area contributed by atoms with Crippen molar-refractivity contribution in [2.24, 2.45) is 5.92 Å². The van der Waals surface area contributed by atoms with Crippen LogP contribution in [0.3, 0.4) is 0 Å². The lowest BCUT2D eigenvalue weighted by molar-refractivity contribution is -0.142. The molecule has 1 aliphatic heterocycles. The zero-order valence-electron chi connectivity index (χ0n) is 10.9. The molecule has 3 N–H and O–H groups in total. The minimum atomic E-state index is -0.955. The lowest BCUT2D eigenvalue weighted by atomic mass is 9.97. The second-order valence-electron chi connectivity index (χ2n) is 4.57. The molecule has 1 rings (SSSR count). The molecule has 0 bridgehead atoms. The first kappa shape index (κ1) is 15.3. The molecular formula is C12H22N2O3S. The number of hydrogen-bond donors (Lipinski definition) is 3. The maximum Gasteiger partial charge on any atom is 0.326 e. The van der Waals surface area contributed by atoms with Gasteiger partial charge in [0.05, 0.1) is 6.04 Å². The standard InChI is InChI=1S/C12H22N2O3S/c1-3-8-4-6-13-10(8)11(15)14-9(12(16)17)5-7-18-2/h8-10,13H,3-7H2,1-2H3,(H,14,15)(H,16,17)/t8-,9-,10-/m0/s1. The van der Waals surface area contributed by atoms with Crippen molar-refractivity contribution in [2.45, 2.75) is 38.3 Å². The molecule has 1 fully saturated rings. The van der Waals surface area contributed by atoms with E-state index in [-0.39, 0.29) is 11.9 Å². The number of rotatable bonds is 7. The van der Waals surface area contributed by atoms with Crippen LogP contribution in [0.25, 0.3) is 0 Å². The van der Waals surface area contributed by atoms with Gasteiger partial charge in [0.15, 0.2) is 0 Å². The van der Waals surface area contributed by atoms with Gasteiger partial charge in [0.2, 0.25) is 5.91 Å². The van der Waals surface area contributed by atoms with Gasteiger partial charge in [-0.3, -0.25) is 4.79 Å². The van der Waals surface area contributed by atoms with Gasteiger partial charge >= 0.3 is 5.97 Å². The third-order valence-corrected chi connectivity index (χ3v) is 4.03. The topological polar surface area (TPSA) is 78.4 Å². The fourth-order valence-electron chi connectivity index (χ4n) is 2.26. The number of hydrogen-bond acceptors (Lipinski definition) is 4. The average Bonchev–Trinajstić information content (AvgIpc) is 2.82. The van der Waals surface area contributed by atoms with E-state index in [2.05, 4.69) is 17.6 Å². The summed E-state index contributed by atoms with van der Waals surface area (Å²) in [6.07, 6.45) is 4.31. The van der Waals surface area contributed by atoms with E-state index >= 15 is 0 Å². The van der Waals surface area contributed by atoms with Crippen LogP contribution in [-0.2, 0) is 9.59 Å². The van der Waals surface area contributed by atoms with Crippen molar-refractivity contribution < 1.29 is 14.7 Å². The molecule has 0 spiro atoms. The molecule has 1 amide bonds. The maximum atomic E-state index is 12.0. The van der Waals surface area contributed by atoms with Crippen molar-refractivity contribution in [1.29, 1.82) is 0 Å². The van der Waals surface area contributed by atoms with Gasteiger partial charge in [0.1, 0.15) is 6.04 Å². The highest BCUT2D eigenvalue weighted by Gasteiger charge is 2.33. The Kier molecular flexibility index (Phi) is 6.49. The molecule has 0 radical (unpaired) electrons. The molecule has 3 atom stereocenters. The predicted molar refractivity (Wildman–Crippen MR) is 72.8 cm³/mol. The summed E-state index contributed by atoms with van der Waals surface area (Å²) in [6.45, 7) is 2.89. The van der Waals surface area contributed by atoms with Crippen molar-refractivity contribution >= 4 is 23.6 Å². The van der Waals surface area contributed by atoms with Crippen LogP contribution < -0.4 is 10.6 Å². The Hall–Kier alpha value is -0.750. The Labute approximate surface area is 112 Å². The van der Waals surface area contributed by atoms with Crippen LogP contribution >= 0.6 is 11.8 Å². The first-order valence-corrected chi connectivity index (χ1v) is 7.75. The highest BCUT2D eigenvalue weighted by Crippen LogP contribution is 2.19. The fraction of sp³-hybridized carbons (Fsp3) is 0.833. The number of aliphatic carboxylic acids is 1. The zero-order valence-corrected chi connectivity index (χ0v) is 11.8. The van der Waals surface area contributed by atoms with Gasteiger partial charge in [-0.1, -0.05) is 13.3 Å². The summed E-state index contributed by atoms with van der Waals surface area (Å²) in [5, 5.41) is 14.9. The Morgan fingerprint density at radius 1 is 1.56 bits per heavy atom. The van der Waals surface area contributed by atoms with E-state index in [1.807, 2.05) is 6.26 Å². The molecule has 104 valence electrons. The second-order valence-corrected chi connectivity index (χ2v) is 5.56. The first-order chi connectivity index (χ1) is 8.60. The van der Waals surface area contributed by atoms with Crippen molar-refractivity contribution in [2.75, 3.05) is 18.6 Å². The fourth-order valence-corrected chi connectivity index (χ4v) is 2.73. The summed E-state index contributed by atoms with van der Waals surface area (Å²) in [6, 6.07) is -1.00. The first-order valence-electron chi connectivity index (χ1n) is 6.35. The largest absolute Gasteiger partial charge is 0.480 e. The van der Waals surface area contributed by atoms with E-state index in [4.69, 9.17) is 5.11 Å². The normalized spacial score (nSPS) is 24.8. The van der Waals surface area contributed by atoms with E-state index in [1.54, 1.807) is 11.8 Å². The highest BCUT2D eigenvalue weighted by atomic mass is 32.2. The van der Waals surface area contributed by atoms with Crippen molar-refractivity contribution in [3.05, 3.63) is 0 Å². The van der Waals surface area contributed by atoms with E-state index in [9.17, 15) is 9.59 Å². The van der Waals surface area contributed by atoms with Crippen LogP contribution in [0.4, 0.5) is 0 Å². The molecule has 1 saturated heterocycles. The second kappa shape index (κ2) is 7.63. The average molecular weight is 274 g/mol. The summed E-state index contributed by atoms with van der Waals surface area (Å²) in [5.41, 5.74) is 0. The van der Waals surface area contributed by atoms with Crippen molar-refractivity contribution in [3.8, 4) is 0 Å². The molecule has 0 unspecified atom stereocenters. The van der Waals surface area contributed by atoms with Crippen molar-refractivity contribution in [3.63, 3.8) is 0 Å². The lowest BCUT2D eigenvalue weighted by Gasteiger charge is -2.21. The number of carboxylic acid groups (broad SMARTS) is 1. The van der Waals surface area contributed by atoms with Gasteiger partial charge in [0.25, 0.3) is 0 Å². The molecule has 5 nitrogen and oxygen atoms in total. The number of carboxylic acids is 1. The molecule has 18 heavy (non-hydrogen) atoms. The molecule has 6 heteroatoms. The highest BCUT2D eigenvalue weighted by molar-refractivity contribution is 7.98. The summed E-state index contributed by atoms with van der Waals surface area (Å²) in [5.74, 6) is -0.0803. The zero-order chi connectivity index (χ0) is 13.5. The quantitative estimate of drug-likeness (QED) is 0.637. The third kappa shape index (κ3) is 4.17. The van der Waals surface area contributed by atoms with Gasteiger partial charge in [-0.25, -0.2) is 4.79 Å². The van der Waals surface area contributed by atoms with E-state index in [0.717, 1.165) is 25.1 Å². The van der Waals surface area contributed by atoms with Crippen LogP contribution in [0.5, 0.6) is 0 Å². The van der Waals surface area contributed by atoms with Gasteiger partial charge in [-0.05, 0) is 37.3 Å². The molecule has 0 aromatic heterocycles. The Morgan fingerprint density at radius 2 is 2.28 bits per heavy atom. The number of carbonyl (C=O) groups is 2. The van der Waals surface area contributed by atoms with Gasteiger partial charge < -0.3 is 15.7 Å². The van der Waals surface area contributed by atoms with E-state index in [1.165, 1.54) is 0 Å². The summed E-state index contributed by atoms with van der Waals surface area (Å²) < 4.78 is 0. The Balaban J connectivity index is 2.52. The maximum absolute atomic E-state index is 12.0. The van der Waals surface area contributed by atoms with Gasteiger partial charge in [0, 0.05) is 0 Å². The minimum Gasteiger partial charge on any atom is -0.480 e. The monoisotopic (exact) mass is 274 g/mol. The Bertz CT molecular complexity index is 299. The molecular weight excluding hydrogens is 252 g/mol. The molecule has 0 aromatic rings. The van der Waals surface area contributed by atoms with Crippen molar-refractivity contribution in [1.82, 2.24) is 10.6 Å². The molecule has 0 saturated carbocycles. The van der Waals surface area contributed by atoms with Crippen LogP contribution in [0, 0.1) is 5.92 Å². The SMILES string of the molecule is CC[C@H]1CCN[C@@H]1C(=O)N[C@@H](CCSC)C(=O)O. The molecule has 0 aliphatic carbocycles. The number of amides is 1. The molecule has 1 heterocycles. The van der Waals surface area contributed by atoms with Crippen LogP contribution in [0.15, 0.2) is 0 Å². The van der Waals surface area contributed by atoms with Crippen LogP contribution in [0.1, 0.15) is 26.2 Å². The summed E-state index contributed by atoms with van der Waals surface area (Å²) >= 11 is 1.58. The van der Waals surface area contributed by atoms with E-state index < -0.39 is 12.0 Å². The van der Waals surface area contributed by atoms with E-state index in [0.29, 0.717) is 12.3 Å². The molecule has 0 aromatic carbocycles. The third-order valence-electron chi connectivity index (χ3n) is 3.38. The molecule has 1 aliphatic rings. The number of nitrogens with one attached hydrogen (secondary N) is 2. The summed E-state index contributed by atoms with van der Waals surface area (Å²) in [7, 11) is 0. The number of thioether (sulfide) groups is 1. The van der Waals surface area contributed by atoms with Crippen LogP contribution in [-0.4, -0.2) is 47.6 Å². The summed E-state index contributed by atoms with van der Waals surface area (Å²) in [4.78, 5) is 23.1. The predicted octanol–water partition coefficient (Wildman–Crippen LogP) is 0.697. The van der Waals surface area contributed by atoms with Gasteiger partial charge in [-0.2, -0.15) is 11.8 Å². The minimum absolute atomic E-state index is 0.173.